The average molecular weight is 434 g/mol. The number of pyridine rings is 1. The summed E-state index contributed by atoms with van der Waals surface area (Å²) in [5.74, 6) is -0.469. The molecule has 0 N–H and O–H groups in total. The summed E-state index contributed by atoms with van der Waals surface area (Å²) in [6.07, 6.45) is 0. The van der Waals surface area contributed by atoms with Crippen LogP contribution in [0.2, 0.25) is 9.36 Å². The lowest BCUT2D eigenvalue weighted by molar-refractivity contribution is 0.0729. The molecule has 0 aliphatic carbocycles. The molecule has 3 heterocycles. The highest BCUT2D eigenvalue weighted by atomic mass is 35.5. The summed E-state index contributed by atoms with van der Waals surface area (Å²) in [7, 11) is 0. The molecule has 3 aromatic rings. The molecule has 1 aliphatic rings. The van der Waals surface area contributed by atoms with Crippen LogP contribution in [0, 0.1) is 13.8 Å². The van der Waals surface area contributed by atoms with Crippen molar-refractivity contribution in [2.24, 2.45) is 0 Å². The summed E-state index contributed by atoms with van der Waals surface area (Å²) in [5.41, 5.74) is 3.90. The van der Waals surface area contributed by atoms with Crippen LogP contribution in [0.25, 0.3) is 0 Å². The molecular formula is C19H13Cl2N3O3S. The molecular weight excluding hydrogens is 421 g/mol. The third-order valence-corrected chi connectivity index (χ3v) is 5.96. The Labute approximate surface area is 174 Å². The van der Waals surface area contributed by atoms with Crippen molar-refractivity contribution in [3.05, 3.63) is 67.9 Å². The van der Waals surface area contributed by atoms with E-state index in [-0.39, 0.29) is 21.0 Å². The average Bonchev–Trinajstić information content (AvgIpc) is 3.15. The first-order valence-electron chi connectivity index (χ1n) is 8.27. The van der Waals surface area contributed by atoms with Gasteiger partial charge in [0.25, 0.3) is 5.91 Å². The minimum absolute atomic E-state index is 0.0238. The summed E-state index contributed by atoms with van der Waals surface area (Å²) < 4.78 is 9.40. The number of halogens is 2. The largest absolute Gasteiger partial charge is 0.422 e. The van der Waals surface area contributed by atoms with Crippen molar-refractivity contribution in [3.63, 3.8) is 0 Å². The SMILES string of the molecule is Cc1cc2c(c(C)n1)C(=O)N(c1ccc(OC(=O)c3nsc(Cl)c3Cl)cc1)C2. The second kappa shape index (κ2) is 7.16. The number of aryl methyl sites for hydroxylation is 2. The van der Waals surface area contributed by atoms with Gasteiger partial charge in [0.15, 0.2) is 5.69 Å². The molecule has 6 nitrogen and oxygen atoms in total. The molecule has 142 valence electrons. The zero-order valence-corrected chi connectivity index (χ0v) is 17.2. The Kier molecular flexibility index (Phi) is 4.82. The number of rotatable bonds is 3. The van der Waals surface area contributed by atoms with Crippen LogP contribution in [0.5, 0.6) is 5.75 Å². The third-order valence-electron chi connectivity index (χ3n) is 4.35. The highest BCUT2D eigenvalue weighted by Gasteiger charge is 2.31. The number of carbonyl (C=O) groups is 2. The molecule has 4 rings (SSSR count). The summed E-state index contributed by atoms with van der Waals surface area (Å²) in [5, 5.41) is 0.0768. The van der Waals surface area contributed by atoms with Crippen molar-refractivity contribution in [1.82, 2.24) is 9.36 Å². The maximum absolute atomic E-state index is 12.8. The van der Waals surface area contributed by atoms with Gasteiger partial charge in [-0.1, -0.05) is 23.2 Å². The quantitative estimate of drug-likeness (QED) is 0.436. The van der Waals surface area contributed by atoms with E-state index in [0.717, 1.165) is 28.5 Å². The summed E-state index contributed by atoms with van der Waals surface area (Å²) in [6.45, 7) is 4.22. The maximum atomic E-state index is 12.8. The Morgan fingerprint density at radius 3 is 2.57 bits per heavy atom. The topological polar surface area (TPSA) is 72.4 Å². The van der Waals surface area contributed by atoms with Crippen molar-refractivity contribution in [2.75, 3.05) is 4.90 Å². The third kappa shape index (κ3) is 3.26. The minimum Gasteiger partial charge on any atom is -0.422 e. The highest BCUT2D eigenvalue weighted by Crippen LogP contribution is 2.32. The van der Waals surface area contributed by atoms with E-state index in [4.69, 9.17) is 27.9 Å². The lowest BCUT2D eigenvalue weighted by Gasteiger charge is -2.16. The van der Waals surface area contributed by atoms with Crippen molar-refractivity contribution in [2.45, 2.75) is 20.4 Å². The smallest absolute Gasteiger partial charge is 0.365 e. The Bertz CT molecular complexity index is 1110. The molecule has 0 spiro atoms. The molecule has 0 saturated heterocycles. The molecule has 0 saturated carbocycles. The normalized spacial score (nSPS) is 13.0. The zero-order chi connectivity index (χ0) is 20.0. The highest BCUT2D eigenvalue weighted by molar-refractivity contribution is 7.11. The number of fused-ring (bicyclic) bond motifs is 1. The van der Waals surface area contributed by atoms with Crippen LogP contribution in [0.4, 0.5) is 5.69 Å². The number of ether oxygens (including phenoxy) is 1. The van der Waals surface area contributed by atoms with Crippen molar-refractivity contribution in [3.8, 4) is 5.75 Å². The summed E-state index contributed by atoms with van der Waals surface area (Å²) >= 11 is 12.7. The minimum atomic E-state index is -0.692. The van der Waals surface area contributed by atoms with Gasteiger partial charge in [-0.2, -0.15) is 4.37 Å². The fraction of sp³-hybridized carbons (Fsp3) is 0.158. The number of esters is 1. The molecule has 2 aromatic heterocycles. The van der Waals surface area contributed by atoms with E-state index in [9.17, 15) is 9.59 Å². The second-order valence-electron chi connectivity index (χ2n) is 6.28. The van der Waals surface area contributed by atoms with Gasteiger partial charge in [-0.15, -0.1) is 0 Å². The van der Waals surface area contributed by atoms with Crippen LogP contribution >= 0.6 is 34.7 Å². The first-order valence-corrected chi connectivity index (χ1v) is 9.80. The molecule has 0 atom stereocenters. The number of anilines is 1. The van der Waals surface area contributed by atoms with Gasteiger partial charge in [-0.05, 0) is 61.3 Å². The molecule has 0 bridgehead atoms. The standard InChI is InChI=1S/C19H13Cl2N3O3S/c1-9-7-11-8-24(18(25)14(11)10(2)22-9)12-3-5-13(6-4-12)27-19(26)16-15(20)17(21)28-23-16/h3-7H,8H2,1-2H3. The van der Waals surface area contributed by atoms with E-state index in [1.165, 1.54) is 0 Å². The van der Waals surface area contributed by atoms with E-state index < -0.39 is 5.97 Å². The Morgan fingerprint density at radius 2 is 1.93 bits per heavy atom. The van der Waals surface area contributed by atoms with E-state index in [1.54, 1.807) is 29.2 Å². The number of nitrogens with zero attached hydrogens (tertiary/aromatic N) is 3. The fourth-order valence-corrected chi connectivity index (χ4v) is 4.13. The molecule has 9 heteroatoms. The molecule has 0 unspecified atom stereocenters. The van der Waals surface area contributed by atoms with E-state index in [0.29, 0.717) is 23.5 Å². The van der Waals surface area contributed by atoms with E-state index >= 15 is 0 Å². The monoisotopic (exact) mass is 433 g/mol. The number of hydrogen-bond acceptors (Lipinski definition) is 6. The van der Waals surface area contributed by atoms with Gasteiger partial charge in [0.2, 0.25) is 0 Å². The van der Waals surface area contributed by atoms with Gasteiger partial charge in [-0.3, -0.25) is 9.78 Å². The Balaban J connectivity index is 1.53. The Hall–Kier alpha value is -2.48. The first-order chi connectivity index (χ1) is 13.3. The van der Waals surface area contributed by atoms with Crippen molar-refractivity contribution < 1.29 is 14.3 Å². The second-order valence-corrected chi connectivity index (χ2v) is 8.03. The molecule has 0 fully saturated rings. The lowest BCUT2D eigenvalue weighted by atomic mass is 10.1. The van der Waals surface area contributed by atoms with Crippen LogP contribution in [-0.2, 0) is 6.54 Å². The van der Waals surface area contributed by atoms with Crippen molar-refractivity contribution >= 4 is 52.3 Å². The van der Waals surface area contributed by atoms with Crippen LogP contribution in [-0.4, -0.2) is 21.2 Å². The van der Waals surface area contributed by atoms with Gasteiger partial charge in [-0.25, -0.2) is 4.79 Å². The predicted octanol–water partition coefficient (Wildman–Crippen LogP) is 4.84. The maximum Gasteiger partial charge on any atom is 0.365 e. The van der Waals surface area contributed by atoms with E-state index in [2.05, 4.69) is 9.36 Å². The van der Waals surface area contributed by atoms with Gasteiger partial charge in [0, 0.05) is 11.4 Å². The van der Waals surface area contributed by atoms with Crippen LogP contribution < -0.4 is 9.64 Å². The van der Waals surface area contributed by atoms with Gasteiger partial charge in [0.1, 0.15) is 15.1 Å². The van der Waals surface area contributed by atoms with Gasteiger partial charge >= 0.3 is 5.97 Å². The molecule has 1 aliphatic heterocycles. The number of benzene rings is 1. The molecule has 1 aromatic carbocycles. The Morgan fingerprint density at radius 1 is 1.21 bits per heavy atom. The van der Waals surface area contributed by atoms with Gasteiger partial charge in [0.05, 0.1) is 17.8 Å². The molecule has 0 radical (unpaired) electrons. The summed E-state index contributed by atoms with van der Waals surface area (Å²) in [4.78, 5) is 31.0. The van der Waals surface area contributed by atoms with Crippen LogP contribution in [0.3, 0.4) is 0 Å². The van der Waals surface area contributed by atoms with E-state index in [1.807, 2.05) is 19.9 Å². The lowest BCUT2D eigenvalue weighted by Crippen LogP contribution is -2.23. The zero-order valence-electron chi connectivity index (χ0n) is 14.8. The van der Waals surface area contributed by atoms with Crippen LogP contribution in [0.1, 0.15) is 37.8 Å². The predicted molar refractivity (Wildman–Crippen MR) is 108 cm³/mol. The van der Waals surface area contributed by atoms with Gasteiger partial charge < -0.3 is 9.64 Å². The van der Waals surface area contributed by atoms with Crippen LogP contribution in [0.15, 0.2) is 30.3 Å². The molecule has 28 heavy (non-hydrogen) atoms. The number of carbonyl (C=O) groups excluding carboxylic acids is 2. The number of amides is 1. The number of hydrogen-bond donors (Lipinski definition) is 0. The molecule has 1 amide bonds. The number of aromatic nitrogens is 2. The summed E-state index contributed by atoms with van der Waals surface area (Å²) in [6, 6.07) is 8.60. The van der Waals surface area contributed by atoms with Crippen molar-refractivity contribution in [1.29, 1.82) is 0 Å². The fourth-order valence-electron chi connectivity index (χ4n) is 3.15. The first kappa shape index (κ1) is 18.9.